The standard InChI is InChI=1S/C15H19BrFN3/c1-11(2)8-18-9-13-6-7-20(19-13)10-12-4-3-5-14(17)15(12)16/h3-7,11,18H,8-10H2,1-2H3. The van der Waals surface area contributed by atoms with Crippen LogP contribution in [0.25, 0.3) is 0 Å². The molecule has 0 bridgehead atoms. The molecule has 0 atom stereocenters. The van der Waals surface area contributed by atoms with Gasteiger partial charge in [-0.25, -0.2) is 4.39 Å². The van der Waals surface area contributed by atoms with Gasteiger partial charge < -0.3 is 5.32 Å². The van der Waals surface area contributed by atoms with Crippen LogP contribution in [0.3, 0.4) is 0 Å². The van der Waals surface area contributed by atoms with Gasteiger partial charge in [0.15, 0.2) is 0 Å². The smallest absolute Gasteiger partial charge is 0.137 e. The van der Waals surface area contributed by atoms with Crippen molar-refractivity contribution in [3.05, 3.63) is 52.0 Å². The maximum atomic E-state index is 13.4. The Morgan fingerprint density at radius 3 is 2.90 bits per heavy atom. The molecule has 0 radical (unpaired) electrons. The van der Waals surface area contributed by atoms with Crippen LogP contribution in [-0.2, 0) is 13.1 Å². The van der Waals surface area contributed by atoms with E-state index in [0.29, 0.717) is 16.9 Å². The first-order chi connectivity index (χ1) is 9.56. The highest BCUT2D eigenvalue weighted by molar-refractivity contribution is 9.10. The summed E-state index contributed by atoms with van der Waals surface area (Å²) in [7, 11) is 0. The fraction of sp³-hybridized carbons (Fsp3) is 0.400. The van der Waals surface area contributed by atoms with Crippen LogP contribution in [0.5, 0.6) is 0 Å². The Labute approximate surface area is 127 Å². The molecule has 1 heterocycles. The monoisotopic (exact) mass is 339 g/mol. The predicted octanol–water partition coefficient (Wildman–Crippen LogP) is 3.58. The van der Waals surface area contributed by atoms with Gasteiger partial charge >= 0.3 is 0 Å². The highest BCUT2D eigenvalue weighted by atomic mass is 79.9. The maximum absolute atomic E-state index is 13.4. The molecule has 1 aromatic carbocycles. The van der Waals surface area contributed by atoms with E-state index in [9.17, 15) is 4.39 Å². The molecular weight excluding hydrogens is 321 g/mol. The Hall–Kier alpha value is -1.20. The van der Waals surface area contributed by atoms with Crippen molar-refractivity contribution in [2.24, 2.45) is 5.92 Å². The number of hydrogen-bond donors (Lipinski definition) is 1. The molecular formula is C15H19BrFN3. The van der Waals surface area contributed by atoms with Gasteiger partial charge in [-0.15, -0.1) is 0 Å². The Bertz CT molecular complexity index is 566. The Morgan fingerprint density at radius 2 is 2.15 bits per heavy atom. The summed E-state index contributed by atoms with van der Waals surface area (Å²) >= 11 is 3.27. The largest absolute Gasteiger partial charge is 0.311 e. The van der Waals surface area contributed by atoms with E-state index >= 15 is 0 Å². The van der Waals surface area contributed by atoms with E-state index in [2.05, 4.69) is 40.2 Å². The highest BCUT2D eigenvalue weighted by Crippen LogP contribution is 2.21. The van der Waals surface area contributed by atoms with E-state index < -0.39 is 0 Å². The molecule has 1 N–H and O–H groups in total. The molecule has 0 unspecified atom stereocenters. The molecule has 2 aromatic rings. The number of benzene rings is 1. The molecule has 0 saturated carbocycles. The van der Waals surface area contributed by atoms with Gasteiger partial charge in [-0.3, -0.25) is 4.68 Å². The molecule has 0 aliphatic heterocycles. The quantitative estimate of drug-likeness (QED) is 0.871. The minimum absolute atomic E-state index is 0.242. The summed E-state index contributed by atoms with van der Waals surface area (Å²) in [5.41, 5.74) is 1.88. The van der Waals surface area contributed by atoms with Crippen LogP contribution in [0.4, 0.5) is 4.39 Å². The topological polar surface area (TPSA) is 29.9 Å². The van der Waals surface area contributed by atoms with Gasteiger partial charge in [-0.1, -0.05) is 26.0 Å². The van der Waals surface area contributed by atoms with Crippen molar-refractivity contribution < 1.29 is 4.39 Å². The first kappa shape index (κ1) is 15.2. The third kappa shape index (κ3) is 4.15. The van der Waals surface area contributed by atoms with Gasteiger partial charge in [0.05, 0.1) is 16.7 Å². The lowest BCUT2D eigenvalue weighted by Crippen LogP contribution is -2.19. The van der Waals surface area contributed by atoms with Crippen molar-refractivity contribution in [2.45, 2.75) is 26.9 Å². The van der Waals surface area contributed by atoms with E-state index in [-0.39, 0.29) is 5.82 Å². The van der Waals surface area contributed by atoms with E-state index in [1.54, 1.807) is 6.07 Å². The van der Waals surface area contributed by atoms with Crippen LogP contribution in [0.15, 0.2) is 34.9 Å². The third-order valence-corrected chi connectivity index (χ3v) is 3.81. The maximum Gasteiger partial charge on any atom is 0.137 e. The molecule has 20 heavy (non-hydrogen) atoms. The van der Waals surface area contributed by atoms with Gasteiger partial charge in [0.2, 0.25) is 0 Å². The number of hydrogen-bond acceptors (Lipinski definition) is 2. The van der Waals surface area contributed by atoms with E-state index in [0.717, 1.165) is 24.3 Å². The van der Waals surface area contributed by atoms with E-state index in [1.165, 1.54) is 6.07 Å². The van der Waals surface area contributed by atoms with Crippen molar-refractivity contribution in [3.63, 3.8) is 0 Å². The van der Waals surface area contributed by atoms with Gasteiger partial charge in [-0.2, -0.15) is 5.10 Å². The molecule has 0 amide bonds. The first-order valence-corrected chi connectivity index (χ1v) is 7.51. The molecule has 0 saturated heterocycles. The fourth-order valence-corrected chi connectivity index (χ4v) is 2.31. The lowest BCUT2D eigenvalue weighted by Gasteiger charge is -2.06. The second-order valence-corrected chi connectivity index (χ2v) is 6.04. The summed E-state index contributed by atoms with van der Waals surface area (Å²) in [6.07, 6.45) is 1.92. The van der Waals surface area contributed by atoms with Crippen LogP contribution < -0.4 is 5.32 Å². The third-order valence-electron chi connectivity index (χ3n) is 2.92. The van der Waals surface area contributed by atoms with Crippen LogP contribution in [-0.4, -0.2) is 16.3 Å². The van der Waals surface area contributed by atoms with Crippen molar-refractivity contribution >= 4 is 15.9 Å². The fourth-order valence-electron chi connectivity index (χ4n) is 1.92. The molecule has 0 spiro atoms. The van der Waals surface area contributed by atoms with E-state index in [4.69, 9.17) is 0 Å². The van der Waals surface area contributed by atoms with Crippen molar-refractivity contribution in [2.75, 3.05) is 6.54 Å². The molecule has 5 heteroatoms. The second kappa shape index (κ2) is 6.99. The second-order valence-electron chi connectivity index (χ2n) is 5.24. The van der Waals surface area contributed by atoms with E-state index in [1.807, 2.05) is 23.0 Å². The first-order valence-electron chi connectivity index (χ1n) is 6.72. The number of halogens is 2. The van der Waals surface area contributed by atoms with Gasteiger partial charge in [0.1, 0.15) is 5.82 Å². The average Bonchev–Trinajstić information content (AvgIpc) is 2.82. The number of nitrogens with one attached hydrogen (secondary N) is 1. The Balaban J connectivity index is 1.97. The molecule has 1 aromatic heterocycles. The van der Waals surface area contributed by atoms with Crippen LogP contribution in [0.1, 0.15) is 25.1 Å². The number of nitrogens with zero attached hydrogens (tertiary/aromatic N) is 2. The van der Waals surface area contributed by atoms with Crippen molar-refractivity contribution in [1.82, 2.24) is 15.1 Å². The van der Waals surface area contributed by atoms with Gasteiger partial charge in [-0.05, 0) is 46.1 Å². The van der Waals surface area contributed by atoms with Gasteiger partial charge in [0.25, 0.3) is 0 Å². The normalized spacial score (nSPS) is 11.2. The highest BCUT2D eigenvalue weighted by Gasteiger charge is 2.07. The minimum Gasteiger partial charge on any atom is -0.311 e. The zero-order valence-electron chi connectivity index (χ0n) is 11.7. The molecule has 0 aliphatic carbocycles. The molecule has 3 nitrogen and oxygen atoms in total. The number of rotatable bonds is 6. The van der Waals surface area contributed by atoms with Crippen molar-refractivity contribution in [3.8, 4) is 0 Å². The Kier molecular flexibility index (Phi) is 5.31. The van der Waals surface area contributed by atoms with Crippen molar-refractivity contribution in [1.29, 1.82) is 0 Å². The summed E-state index contributed by atoms with van der Waals surface area (Å²) in [6, 6.07) is 7.04. The summed E-state index contributed by atoms with van der Waals surface area (Å²) in [6.45, 7) is 6.64. The summed E-state index contributed by atoms with van der Waals surface area (Å²) in [5, 5.41) is 7.84. The minimum atomic E-state index is -0.242. The zero-order valence-corrected chi connectivity index (χ0v) is 13.3. The summed E-state index contributed by atoms with van der Waals surface area (Å²) in [4.78, 5) is 0. The predicted molar refractivity (Wildman–Crippen MR) is 82.0 cm³/mol. The Morgan fingerprint density at radius 1 is 1.35 bits per heavy atom. The zero-order chi connectivity index (χ0) is 14.5. The summed E-state index contributed by atoms with van der Waals surface area (Å²) < 4.78 is 15.8. The molecule has 0 aliphatic rings. The van der Waals surface area contributed by atoms with Gasteiger partial charge in [0, 0.05) is 12.7 Å². The lowest BCUT2D eigenvalue weighted by molar-refractivity contribution is 0.542. The summed E-state index contributed by atoms with van der Waals surface area (Å²) in [5.74, 6) is 0.383. The molecule has 0 fully saturated rings. The molecule has 2 rings (SSSR count). The van der Waals surface area contributed by atoms with Crippen LogP contribution in [0.2, 0.25) is 0 Å². The van der Waals surface area contributed by atoms with Crippen LogP contribution >= 0.6 is 15.9 Å². The van der Waals surface area contributed by atoms with Crippen LogP contribution in [0, 0.1) is 11.7 Å². The lowest BCUT2D eigenvalue weighted by atomic mass is 10.2. The molecule has 108 valence electrons. The number of aromatic nitrogens is 2. The average molecular weight is 340 g/mol. The SMILES string of the molecule is CC(C)CNCc1ccn(Cc2cccc(F)c2Br)n1.